The van der Waals surface area contributed by atoms with Gasteiger partial charge in [0.2, 0.25) is 0 Å². The first-order chi connectivity index (χ1) is 6.95. The van der Waals surface area contributed by atoms with Gasteiger partial charge in [0.1, 0.15) is 0 Å². The van der Waals surface area contributed by atoms with Crippen LogP contribution in [0.25, 0.3) is 0 Å². The van der Waals surface area contributed by atoms with Crippen LogP contribution in [0.1, 0.15) is 13.8 Å². The maximum Gasteiger partial charge on any atom is 0.178 e. The highest BCUT2D eigenvalue weighted by molar-refractivity contribution is 7.66. The van der Waals surface area contributed by atoms with Crippen LogP contribution in [0.15, 0.2) is 35.2 Å². The number of hydrogen-bond acceptors (Lipinski definition) is 1. The van der Waals surface area contributed by atoms with E-state index >= 15 is 0 Å². The molecule has 0 bridgehead atoms. The molecule has 0 amide bonds. The Morgan fingerprint density at radius 2 is 2.00 bits per heavy atom. The summed E-state index contributed by atoms with van der Waals surface area (Å²) in [4.78, 5) is 0. The van der Waals surface area contributed by atoms with Crippen LogP contribution in [0.5, 0.6) is 0 Å². The van der Waals surface area contributed by atoms with Gasteiger partial charge in [-0.25, -0.2) is 0 Å². The molecular weight excluding hydrogens is 205 g/mol. The molecular formula is C12H18NOP. The van der Waals surface area contributed by atoms with Gasteiger partial charge in [0.25, 0.3) is 0 Å². The highest BCUT2D eigenvalue weighted by Gasteiger charge is 2.43. The highest BCUT2D eigenvalue weighted by atomic mass is 31.2. The minimum absolute atomic E-state index is 0.163. The molecule has 0 radical (unpaired) electrons. The second kappa shape index (κ2) is 3.47. The highest BCUT2D eigenvalue weighted by Crippen LogP contribution is 2.64. The zero-order chi connectivity index (χ0) is 11.2. The maximum atomic E-state index is 12.8. The number of hydrogen-bond donors (Lipinski definition) is 0. The number of fused-ring (bicyclic) bond motifs is 1. The second-order valence-corrected chi connectivity index (χ2v) is 7.68. The van der Waals surface area contributed by atoms with Crippen LogP contribution in [0.3, 0.4) is 0 Å². The van der Waals surface area contributed by atoms with Crippen LogP contribution in [-0.2, 0) is 4.57 Å². The molecule has 0 spiro atoms. The quantitative estimate of drug-likeness (QED) is 0.636. The van der Waals surface area contributed by atoms with E-state index in [1.165, 1.54) is 11.1 Å². The molecule has 0 saturated carbocycles. The van der Waals surface area contributed by atoms with E-state index in [-0.39, 0.29) is 5.66 Å². The standard InChI is InChI=1S/C12H18NOP/c1-9-5-6-12-11(7-9)10(2)8-15(12,14)13(3)4/h5-8,11-12H,1-4H3/t11-,12-,15?/m1/s1. The van der Waals surface area contributed by atoms with Crippen LogP contribution >= 0.6 is 7.29 Å². The van der Waals surface area contributed by atoms with Gasteiger partial charge in [-0.3, -0.25) is 4.67 Å². The van der Waals surface area contributed by atoms with Crippen molar-refractivity contribution in [3.63, 3.8) is 0 Å². The molecule has 1 aliphatic carbocycles. The van der Waals surface area contributed by atoms with E-state index in [2.05, 4.69) is 32.1 Å². The topological polar surface area (TPSA) is 20.3 Å². The molecule has 2 aliphatic rings. The van der Waals surface area contributed by atoms with E-state index in [9.17, 15) is 4.57 Å². The summed E-state index contributed by atoms with van der Waals surface area (Å²) in [6.45, 7) is 4.18. The minimum Gasteiger partial charge on any atom is -0.301 e. The first kappa shape index (κ1) is 10.9. The van der Waals surface area contributed by atoms with Crippen LogP contribution in [0, 0.1) is 5.92 Å². The van der Waals surface area contributed by atoms with Crippen LogP contribution in [0.2, 0.25) is 0 Å². The van der Waals surface area contributed by atoms with Gasteiger partial charge in [0.15, 0.2) is 7.29 Å². The maximum absolute atomic E-state index is 12.8. The van der Waals surface area contributed by atoms with Crippen LogP contribution in [0.4, 0.5) is 0 Å². The first-order valence-corrected chi connectivity index (χ1v) is 7.08. The van der Waals surface area contributed by atoms with Crippen molar-refractivity contribution in [2.45, 2.75) is 19.5 Å². The third kappa shape index (κ3) is 1.56. The van der Waals surface area contributed by atoms with Crippen molar-refractivity contribution in [3.8, 4) is 0 Å². The first-order valence-electron chi connectivity index (χ1n) is 5.28. The molecule has 1 unspecified atom stereocenters. The fourth-order valence-corrected chi connectivity index (χ4v) is 5.21. The van der Waals surface area contributed by atoms with Gasteiger partial charge >= 0.3 is 0 Å². The molecule has 1 heterocycles. The molecule has 0 fully saturated rings. The van der Waals surface area contributed by atoms with E-state index in [4.69, 9.17) is 0 Å². The van der Waals surface area contributed by atoms with Gasteiger partial charge in [0, 0.05) is 5.92 Å². The molecule has 3 heteroatoms. The number of nitrogens with zero attached hydrogens (tertiary/aromatic N) is 1. The molecule has 2 nitrogen and oxygen atoms in total. The van der Waals surface area contributed by atoms with E-state index < -0.39 is 7.29 Å². The Bertz CT molecular complexity index is 417. The lowest BCUT2D eigenvalue weighted by atomic mass is 9.91. The molecule has 2 rings (SSSR count). The summed E-state index contributed by atoms with van der Waals surface area (Å²) in [5.41, 5.74) is 2.69. The van der Waals surface area contributed by atoms with Gasteiger partial charge in [-0.05, 0) is 33.8 Å². The lowest BCUT2D eigenvalue weighted by Crippen LogP contribution is -2.21. The van der Waals surface area contributed by atoms with Crippen molar-refractivity contribution >= 4 is 7.29 Å². The predicted molar refractivity (Wildman–Crippen MR) is 65.2 cm³/mol. The lowest BCUT2D eigenvalue weighted by Gasteiger charge is -2.28. The average Bonchev–Trinajstić information content (AvgIpc) is 2.40. The van der Waals surface area contributed by atoms with Crippen molar-refractivity contribution in [1.82, 2.24) is 4.67 Å². The summed E-state index contributed by atoms with van der Waals surface area (Å²) < 4.78 is 14.7. The largest absolute Gasteiger partial charge is 0.301 e. The fourth-order valence-electron chi connectivity index (χ4n) is 2.41. The Morgan fingerprint density at radius 1 is 1.33 bits per heavy atom. The van der Waals surface area contributed by atoms with E-state index in [0.717, 1.165) is 0 Å². The normalized spacial score (nSPS) is 39.0. The molecule has 3 atom stereocenters. The molecule has 0 N–H and O–H groups in total. The van der Waals surface area contributed by atoms with E-state index in [1.54, 1.807) is 0 Å². The summed E-state index contributed by atoms with van der Waals surface area (Å²) in [6.07, 6.45) is 6.44. The van der Waals surface area contributed by atoms with Gasteiger partial charge in [0.05, 0.1) is 5.66 Å². The Hall–Kier alpha value is -0.590. The third-order valence-corrected chi connectivity index (χ3v) is 6.71. The minimum atomic E-state index is -2.32. The van der Waals surface area contributed by atoms with Crippen molar-refractivity contribution in [3.05, 3.63) is 35.2 Å². The summed E-state index contributed by atoms with van der Waals surface area (Å²) in [5, 5.41) is 0. The average molecular weight is 223 g/mol. The number of allylic oxidation sites excluding steroid dienone is 5. The molecule has 0 aromatic heterocycles. The van der Waals surface area contributed by atoms with Gasteiger partial charge in [-0.2, -0.15) is 0 Å². The summed E-state index contributed by atoms with van der Waals surface area (Å²) in [7, 11) is 1.50. The Kier molecular flexibility index (Phi) is 2.52. The van der Waals surface area contributed by atoms with Crippen molar-refractivity contribution < 1.29 is 4.57 Å². The summed E-state index contributed by atoms with van der Waals surface area (Å²) in [5.74, 6) is 2.34. The SMILES string of the molecule is CC1=C[C@@H]2C(C)=CP(=O)(N(C)C)[C@@H]2C=C1. The predicted octanol–water partition coefficient (Wildman–Crippen LogP) is 3.24. The molecule has 0 aromatic carbocycles. The van der Waals surface area contributed by atoms with Gasteiger partial charge in [-0.15, -0.1) is 0 Å². The van der Waals surface area contributed by atoms with Crippen molar-refractivity contribution in [1.29, 1.82) is 0 Å². The van der Waals surface area contributed by atoms with Crippen molar-refractivity contribution in [2.24, 2.45) is 5.92 Å². The zero-order valence-corrected chi connectivity index (χ0v) is 10.7. The molecule has 0 saturated heterocycles. The third-order valence-electron chi connectivity index (χ3n) is 3.33. The monoisotopic (exact) mass is 223 g/mol. The van der Waals surface area contributed by atoms with Gasteiger partial charge < -0.3 is 4.57 Å². The van der Waals surface area contributed by atoms with E-state index in [0.29, 0.717) is 5.92 Å². The Morgan fingerprint density at radius 3 is 2.60 bits per heavy atom. The Labute approximate surface area is 91.8 Å². The second-order valence-electron chi connectivity index (χ2n) is 4.68. The molecule has 82 valence electrons. The molecule has 15 heavy (non-hydrogen) atoms. The zero-order valence-electron chi connectivity index (χ0n) is 9.77. The smallest absolute Gasteiger partial charge is 0.178 e. The molecule has 1 aliphatic heterocycles. The molecule has 0 aromatic rings. The van der Waals surface area contributed by atoms with Crippen molar-refractivity contribution in [2.75, 3.05) is 14.1 Å². The lowest BCUT2D eigenvalue weighted by molar-refractivity contribution is 0.513. The Balaban J connectivity index is 2.45. The summed E-state index contributed by atoms with van der Waals surface area (Å²) >= 11 is 0. The number of rotatable bonds is 1. The van der Waals surface area contributed by atoms with Crippen LogP contribution in [-0.4, -0.2) is 24.4 Å². The van der Waals surface area contributed by atoms with E-state index in [1.807, 2.05) is 24.6 Å². The van der Waals surface area contributed by atoms with Crippen LogP contribution < -0.4 is 0 Å². The van der Waals surface area contributed by atoms with Gasteiger partial charge in [-0.1, -0.05) is 29.4 Å². The fraction of sp³-hybridized carbons (Fsp3) is 0.500. The summed E-state index contributed by atoms with van der Waals surface area (Å²) in [6, 6.07) is 0.